The largest absolute Gasteiger partial charge is 0.404 e. The zero-order chi connectivity index (χ0) is 19.8. The average Bonchev–Trinajstić information content (AvgIpc) is 2.65. The van der Waals surface area contributed by atoms with Gasteiger partial charge in [0.25, 0.3) is 0 Å². The van der Waals surface area contributed by atoms with Gasteiger partial charge in [0.2, 0.25) is 5.91 Å². The van der Waals surface area contributed by atoms with Gasteiger partial charge in [-0.25, -0.2) is 0 Å². The molecule has 6 heteroatoms. The van der Waals surface area contributed by atoms with Crippen LogP contribution >= 0.6 is 0 Å². The first-order chi connectivity index (χ1) is 12.9. The fourth-order valence-electron chi connectivity index (χ4n) is 3.01. The van der Waals surface area contributed by atoms with E-state index in [0.717, 1.165) is 54.6 Å². The van der Waals surface area contributed by atoms with E-state index in [1.54, 1.807) is 6.08 Å². The Bertz CT molecular complexity index is 751. The highest BCUT2D eigenvalue weighted by molar-refractivity contribution is 5.95. The first-order valence-corrected chi connectivity index (χ1v) is 9.48. The Kier molecular flexibility index (Phi) is 7.49. The monoisotopic (exact) mass is 369 g/mol. The minimum absolute atomic E-state index is 0.0198. The number of carbonyl (C=O) groups excluding carboxylic acids is 1. The number of nitrogens with two attached hydrogens (primary N) is 3. The zero-order valence-corrected chi connectivity index (χ0v) is 16.1. The van der Waals surface area contributed by atoms with E-state index in [4.69, 9.17) is 17.2 Å². The van der Waals surface area contributed by atoms with Crippen molar-refractivity contribution in [2.24, 2.45) is 17.2 Å². The molecule has 0 saturated carbocycles. The first kappa shape index (κ1) is 20.6. The van der Waals surface area contributed by atoms with Crippen LogP contribution in [0.4, 0.5) is 11.4 Å². The molecular formula is C21H31N5O. The van der Waals surface area contributed by atoms with E-state index in [0.29, 0.717) is 17.8 Å². The topological polar surface area (TPSA) is 119 Å². The van der Waals surface area contributed by atoms with Crippen LogP contribution in [0.15, 0.2) is 48.3 Å². The quantitative estimate of drug-likeness (QED) is 0.559. The van der Waals surface area contributed by atoms with Gasteiger partial charge in [-0.05, 0) is 55.3 Å². The highest BCUT2D eigenvalue weighted by atomic mass is 16.1. The van der Waals surface area contributed by atoms with E-state index < -0.39 is 0 Å². The molecule has 0 aliphatic carbocycles. The fraction of sp³-hybridized carbons (Fsp3) is 0.381. The molecule has 1 amide bonds. The molecule has 0 spiro atoms. The third-order valence-electron chi connectivity index (χ3n) is 4.71. The number of hydrogen-bond acceptors (Lipinski definition) is 5. The standard InChI is InChI=1S/C21H31N5O/c1-3-14(2)25-16-9-10-17-19(24)11-15(13-22)18(23)7-5-4-6-8-21(27)26-20(17)12-16/h9-13,18,25H,2-8,22-24H2,1H3,(H,26,27)/b15-13+,19-11-. The minimum Gasteiger partial charge on any atom is -0.404 e. The van der Waals surface area contributed by atoms with Crippen LogP contribution in [0, 0.1) is 0 Å². The molecule has 146 valence electrons. The highest BCUT2D eigenvalue weighted by Gasteiger charge is 2.14. The molecule has 0 bridgehead atoms. The number of nitrogens with one attached hydrogen (secondary N) is 2. The van der Waals surface area contributed by atoms with Crippen molar-refractivity contribution in [2.45, 2.75) is 51.5 Å². The lowest BCUT2D eigenvalue weighted by Gasteiger charge is -2.16. The van der Waals surface area contributed by atoms with Crippen LogP contribution in [0.5, 0.6) is 0 Å². The van der Waals surface area contributed by atoms with Gasteiger partial charge in [-0.15, -0.1) is 0 Å². The van der Waals surface area contributed by atoms with Gasteiger partial charge in [0.05, 0.1) is 5.69 Å². The van der Waals surface area contributed by atoms with Crippen LogP contribution in [0.25, 0.3) is 5.70 Å². The van der Waals surface area contributed by atoms with Crippen LogP contribution in [-0.2, 0) is 4.79 Å². The second-order valence-corrected chi connectivity index (χ2v) is 6.86. The number of amides is 1. The molecule has 0 radical (unpaired) electrons. The molecule has 2 rings (SSSR count). The molecule has 27 heavy (non-hydrogen) atoms. The Morgan fingerprint density at radius 2 is 2.15 bits per heavy atom. The lowest BCUT2D eigenvalue weighted by atomic mass is 9.99. The number of fused-ring (bicyclic) bond motifs is 1. The summed E-state index contributed by atoms with van der Waals surface area (Å²) in [5.74, 6) is -0.0198. The van der Waals surface area contributed by atoms with Crippen molar-refractivity contribution < 1.29 is 4.79 Å². The predicted molar refractivity (Wildman–Crippen MR) is 114 cm³/mol. The fourth-order valence-corrected chi connectivity index (χ4v) is 3.01. The number of rotatable bonds is 3. The molecule has 1 heterocycles. The van der Waals surface area contributed by atoms with Crippen LogP contribution < -0.4 is 27.8 Å². The van der Waals surface area contributed by atoms with Crippen LogP contribution in [0.1, 0.15) is 51.0 Å². The van der Waals surface area contributed by atoms with E-state index in [9.17, 15) is 4.79 Å². The number of benzene rings is 1. The SMILES string of the molecule is C=C(CC)Nc1ccc2c(c1)NC(=O)CCCCCC(N)C(=C/N)/C=C/2N. The minimum atomic E-state index is -0.171. The second-order valence-electron chi connectivity index (χ2n) is 6.86. The Hall–Kier alpha value is -2.73. The normalized spacial score (nSPS) is 22.3. The summed E-state index contributed by atoms with van der Waals surface area (Å²) in [7, 11) is 0. The van der Waals surface area contributed by atoms with Gasteiger partial charge >= 0.3 is 0 Å². The lowest BCUT2D eigenvalue weighted by molar-refractivity contribution is -0.116. The van der Waals surface area contributed by atoms with E-state index >= 15 is 0 Å². The molecular weight excluding hydrogens is 338 g/mol. The summed E-state index contributed by atoms with van der Waals surface area (Å²) < 4.78 is 0. The Labute approximate surface area is 161 Å². The van der Waals surface area contributed by atoms with Gasteiger partial charge in [-0.3, -0.25) is 4.79 Å². The summed E-state index contributed by atoms with van der Waals surface area (Å²) >= 11 is 0. The van der Waals surface area contributed by atoms with Crippen molar-refractivity contribution in [1.29, 1.82) is 0 Å². The molecule has 0 aromatic heterocycles. The summed E-state index contributed by atoms with van der Waals surface area (Å²) in [5, 5.41) is 6.23. The van der Waals surface area contributed by atoms with Crippen molar-refractivity contribution in [3.05, 3.63) is 53.9 Å². The highest BCUT2D eigenvalue weighted by Crippen LogP contribution is 2.28. The molecule has 0 saturated heterocycles. The van der Waals surface area contributed by atoms with Crippen molar-refractivity contribution in [1.82, 2.24) is 0 Å². The molecule has 0 fully saturated rings. The summed E-state index contributed by atoms with van der Waals surface area (Å²) in [5.41, 5.74) is 22.8. The summed E-state index contributed by atoms with van der Waals surface area (Å²) in [6.45, 7) is 5.99. The second kappa shape index (κ2) is 9.83. The van der Waals surface area contributed by atoms with Crippen LogP contribution in [0.3, 0.4) is 0 Å². The molecule has 1 unspecified atom stereocenters. The zero-order valence-electron chi connectivity index (χ0n) is 16.1. The molecule has 1 aliphatic heterocycles. The Balaban J connectivity index is 2.44. The predicted octanol–water partition coefficient (Wildman–Crippen LogP) is 3.39. The van der Waals surface area contributed by atoms with Crippen LogP contribution in [0.2, 0.25) is 0 Å². The average molecular weight is 370 g/mol. The number of allylic oxidation sites excluding steroid dienone is 1. The third kappa shape index (κ3) is 5.89. The van der Waals surface area contributed by atoms with Gasteiger partial charge in [0, 0.05) is 35.1 Å². The Morgan fingerprint density at radius 1 is 1.37 bits per heavy atom. The Morgan fingerprint density at radius 3 is 2.85 bits per heavy atom. The van der Waals surface area contributed by atoms with E-state index in [1.165, 1.54) is 6.20 Å². The molecule has 1 aliphatic rings. The van der Waals surface area contributed by atoms with Gasteiger partial charge in [0.15, 0.2) is 0 Å². The number of carbonyl (C=O) groups is 1. The van der Waals surface area contributed by atoms with Gasteiger partial charge < -0.3 is 27.8 Å². The molecule has 8 N–H and O–H groups in total. The summed E-state index contributed by atoms with van der Waals surface area (Å²) in [6, 6.07) is 5.50. The van der Waals surface area contributed by atoms with Gasteiger partial charge in [-0.1, -0.05) is 26.3 Å². The van der Waals surface area contributed by atoms with Crippen molar-refractivity contribution in [3.8, 4) is 0 Å². The maximum absolute atomic E-state index is 12.4. The maximum Gasteiger partial charge on any atom is 0.224 e. The molecule has 1 atom stereocenters. The first-order valence-electron chi connectivity index (χ1n) is 9.48. The molecule has 1 aromatic rings. The van der Waals surface area contributed by atoms with E-state index in [-0.39, 0.29) is 11.9 Å². The number of hydrogen-bond donors (Lipinski definition) is 5. The van der Waals surface area contributed by atoms with E-state index in [1.807, 2.05) is 25.1 Å². The van der Waals surface area contributed by atoms with Crippen LogP contribution in [-0.4, -0.2) is 11.9 Å². The van der Waals surface area contributed by atoms with E-state index in [2.05, 4.69) is 17.2 Å². The van der Waals surface area contributed by atoms with Crippen molar-refractivity contribution in [3.63, 3.8) is 0 Å². The van der Waals surface area contributed by atoms with Gasteiger partial charge in [0.1, 0.15) is 0 Å². The summed E-state index contributed by atoms with van der Waals surface area (Å²) in [6.07, 6.45) is 8.11. The number of anilines is 2. The van der Waals surface area contributed by atoms with Crippen molar-refractivity contribution in [2.75, 3.05) is 10.6 Å². The lowest BCUT2D eigenvalue weighted by Crippen LogP contribution is -2.23. The smallest absolute Gasteiger partial charge is 0.224 e. The summed E-state index contributed by atoms with van der Waals surface area (Å²) in [4.78, 5) is 12.4. The van der Waals surface area contributed by atoms with Gasteiger partial charge in [-0.2, -0.15) is 0 Å². The maximum atomic E-state index is 12.4. The molecule has 1 aromatic carbocycles. The van der Waals surface area contributed by atoms with Crippen molar-refractivity contribution >= 4 is 23.0 Å². The molecule has 6 nitrogen and oxygen atoms in total. The third-order valence-corrected chi connectivity index (χ3v) is 4.71.